The maximum atomic E-state index is 9.49. The molecular weight excluding hydrogens is 1160 g/mol. The van der Waals surface area contributed by atoms with Crippen LogP contribution in [-0.4, -0.2) is 83.7 Å². The molecule has 0 bridgehead atoms. The smallest absolute Gasteiger partial charge is 0.187 e. The summed E-state index contributed by atoms with van der Waals surface area (Å²) in [6.07, 6.45) is 3.50. The summed E-state index contributed by atoms with van der Waals surface area (Å²) in [5.41, 5.74) is 0. The van der Waals surface area contributed by atoms with E-state index in [0.29, 0.717) is 0 Å². The van der Waals surface area contributed by atoms with Crippen molar-refractivity contribution in [3.8, 4) is 0 Å². The van der Waals surface area contributed by atoms with Gasteiger partial charge in [0, 0.05) is 54.5 Å². The standard InChI is InChI=1S/6C6H16OSi.C5H5N.C2H4.2W/c6*1-6(2,3)8(4,5)7;1-2-4-6-5-3-1;1-2;;/h6*7H,1-5H3;1-5H;1-2H2;;. The van der Waals surface area contributed by atoms with Crippen LogP contribution in [-0.2, 0) is 42.1 Å². The van der Waals surface area contributed by atoms with Gasteiger partial charge in [0.25, 0.3) is 0 Å². The summed E-state index contributed by atoms with van der Waals surface area (Å²) >= 11 is 0. The molecule has 0 aromatic carbocycles. The molecule has 15 heteroatoms. The molecule has 0 amide bonds. The Hall–Kier alpha value is 1.33. The van der Waals surface area contributed by atoms with Gasteiger partial charge in [-0.15, -0.1) is 13.2 Å². The van der Waals surface area contributed by atoms with Crippen LogP contribution in [0, 0.1) is 0 Å². The quantitative estimate of drug-likeness (QED) is 0.113. The van der Waals surface area contributed by atoms with Crippen LogP contribution in [0.3, 0.4) is 0 Å². The van der Waals surface area contributed by atoms with Gasteiger partial charge in [0.15, 0.2) is 49.9 Å². The summed E-state index contributed by atoms with van der Waals surface area (Å²) < 4.78 is 0. The van der Waals surface area contributed by atoms with Gasteiger partial charge in [-0.3, -0.25) is 4.98 Å². The fourth-order valence-corrected chi connectivity index (χ4v) is 0.313. The van der Waals surface area contributed by atoms with Crippen molar-refractivity contribution < 1.29 is 70.9 Å². The van der Waals surface area contributed by atoms with Crippen molar-refractivity contribution in [3.05, 3.63) is 43.8 Å². The topological polar surface area (TPSA) is 134 Å². The maximum Gasteiger partial charge on any atom is 0.187 e. The van der Waals surface area contributed by atoms with Gasteiger partial charge in [-0.25, -0.2) is 0 Å². The predicted molar refractivity (Wildman–Crippen MR) is 272 cm³/mol. The van der Waals surface area contributed by atoms with Crippen molar-refractivity contribution in [1.29, 1.82) is 0 Å². The number of rotatable bonds is 0. The molecule has 1 aromatic rings. The fraction of sp³-hybridized carbons (Fsp3) is 0.837. The van der Waals surface area contributed by atoms with E-state index in [2.05, 4.69) is 143 Å². The molecule has 0 radical (unpaired) electrons. The Kier molecular flexibility index (Phi) is 41.9. The SMILES string of the molecule is C=C.CC(C)(C)[Si](C)(C)O.CC(C)(C)[Si](C)(C)O.CC(C)(C)[Si](C)(C)O.CC(C)(C)[Si](C)(C)O.CC(C)(C)[Si](C)(C)O.CC(C)(C)[Si](C)(C)O.[W].[W].c1ccncc1. The Bertz CT molecular complexity index is 797. The van der Waals surface area contributed by atoms with Crippen molar-refractivity contribution in [3.63, 3.8) is 0 Å². The van der Waals surface area contributed by atoms with Crippen LogP contribution in [0.5, 0.6) is 0 Å². The summed E-state index contributed by atoms with van der Waals surface area (Å²) in [6, 6.07) is 5.72. The van der Waals surface area contributed by atoms with Gasteiger partial charge < -0.3 is 28.8 Å². The van der Waals surface area contributed by atoms with E-state index in [4.69, 9.17) is 0 Å². The molecule has 354 valence electrons. The molecule has 1 rings (SSSR count). The van der Waals surface area contributed by atoms with Gasteiger partial charge in [-0.1, -0.05) is 131 Å². The minimum atomic E-state index is -1.86. The third-order valence-corrected chi connectivity index (χ3v) is 33.6. The van der Waals surface area contributed by atoms with E-state index < -0.39 is 49.9 Å². The second-order valence-corrected chi connectivity index (χ2v) is 51.6. The molecular formula is C43H105NO6Si6W2. The van der Waals surface area contributed by atoms with E-state index in [9.17, 15) is 28.8 Å². The molecule has 1 aromatic heterocycles. The molecule has 0 spiro atoms. The number of pyridine rings is 1. The van der Waals surface area contributed by atoms with Crippen LogP contribution < -0.4 is 0 Å². The Morgan fingerprint density at radius 2 is 0.379 bits per heavy atom. The molecule has 0 aliphatic heterocycles. The average Bonchev–Trinajstić information content (AvgIpc) is 2.86. The third-order valence-electron chi connectivity index (χ3n) is 11.6. The van der Waals surface area contributed by atoms with Gasteiger partial charge in [0.2, 0.25) is 0 Å². The van der Waals surface area contributed by atoms with Crippen molar-refractivity contribution in [2.24, 2.45) is 0 Å². The summed E-state index contributed by atoms with van der Waals surface area (Å²) in [5.74, 6) is 0. The Morgan fingerprint density at radius 1 is 0.293 bits per heavy atom. The van der Waals surface area contributed by atoms with Crippen LogP contribution in [0.4, 0.5) is 0 Å². The minimum Gasteiger partial charge on any atom is -0.432 e. The molecule has 0 saturated carbocycles. The van der Waals surface area contributed by atoms with Crippen LogP contribution in [0.1, 0.15) is 125 Å². The number of nitrogens with zero attached hydrogens (tertiary/aromatic N) is 1. The van der Waals surface area contributed by atoms with Crippen molar-refractivity contribution in [1.82, 2.24) is 4.98 Å². The third kappa shape index (κ3) is 48.4. The first-order valence-corrected chi connectivity index (χ1v) is 37.9. The zero-order chi connectivity index (χ0) is 48.2. The first-order valence-electron chi connectivity index (χ1n) is 20.2. The molecule has 0 saturated heterocycles. The van der Waals surface area contributed by atoms with Gasteiger partial charge in [-0.05, 0) is 121 Å². The van der Waals surface area contributed by atoms with Crippen molar-refractivity contribution >= 4 is 49.9 Å². The van der Waals surface area contributed by atoms with Crippen LogP contribution in [0.2, 0.25) is 109 Å². The molecule has 0 fully saturated rings. The normalized spacial score (nSPS) is 12.7. The summed E-state index contributed by atoms with van der Waals surface area (Å²) in [6.45, 7) is 67.1. The zero-order valence-electron chi connectivity index (χ0n) is 44.2. The van der Waals surface area contributed by atoms with Crippen LogP contribution >= 0.6 is 0 Å². The van der Waals surface area contributed by atoms with Gasteiger partial charge >= 0.3 is 0 Å². The van der Waals surface area contributed by atoms with E-state index in [0.717, 1.165) is 0 Å². The van der Waals surface area contributed by atoms with Crippen LogP contribution in [0.15, 0.2) is 43.8 Å². The molecule has 7 nitrogen and oxygen atoms in total. The first kappa shape index (κ1) is 79.7. The molecule has 0 aliphatic rings. The molecule has 0 unspecified atom stereocenters. The van der Waals surface area contributed by atoms with Crippen molar-refractivity contribution in [2.45, 2.75) is 233 Å². The molecule has 58 heavy (non-hydrogen) atoms. The number of hydrogen-bond acceptors (Lipinski definition) is 7. The molecule has 6 N–H and O–H groups in total. The summed E-state index contributed by atoms with van der Waals surface area (Å²) in [4.78, 5) is 60.7. The molecule has 0 aliphatic carbocycles. The number of aromatic nitrogens is 1. The second-order valence-electron chi connectivity index (χ2n) is 23.9. The largest absolute Gasteiger partial charge is 0.432 e. The Labute approximate surface area is 399 Å². The zero-order valence-corrected chi connectivity index (χ0v) is 56.1. The second kappa shape index (κ2) is 30.5. The van der Waals surface area contributed by atoms with Gasteiger partial charge in [0.05, 0.1) is 0 Å². The number of hydrogen-bond donors (Lipinski definition) is 6. The summed E-state index contributed by atoms with van der Waals surface area (Å²) in [5, 5.41) is 0.792. The van der Waals surface area contributed by atoms with E-state index in [-0.39, 0.29) is 72.4 Å². The van der Waals surface area contributed by atoms with Crippen LogP contribution in [0.25, 0.3) is 0 Å². The molecule has 0 atom stereocenters. The first-order chi connectivity index (χ1) is 23.5. The monoisotopic (exact) mass is 1270 g/mol. The molecule has 1 heterocycles. The minimum absolute atomic E-state index is 0. The van der Waals surface area contributed by atoms with E-state index in [1.807, 2.05) is 96.8 Å². The summed E-state index contributed by atoms with van der Waals surface area (Å²) in [7, 11) is -11.2. The van der Waals surface area contributed by atoms with Crippen molar-refractivity contribution in [2.75, 3.05) is 0 Å². The van der Waals surface area contributed by atoms with Gasteiger partial charge in [0.1, 0.15) is 0 Å². The van der Waals surface area contributed by atoms with E-state index in [1.165, 1.54) is 0 Å². The Balaban J connectivity index is -0.0000000681. The average molecular weight is 1270 g/mol. The maximum absolute atomic E-state index is 9.49. The van der Waals surface area contributed by atoms with E-state index >= 15 is 0 Å². The van der Waals surface area contributed by atoms with Gasteiger partial charge in [-0.2, -0.15) is 0 Å². The fourth-order valence-electron chi connectivity index (χ4n) is 0.313. The van der Waals surface area contributed by atoms with E-state index in [1.54, 1.807) is 12.4 Å². The predicted octanol–water partition coefficient (Wildman–Crippen LogP) is 13.8. The Morgan fingerprint density at radius 3 is 0.397 bits per heavy atom.